The predicted octanol–water partition coefficient (Wildman–Crippen LogP) is 2.29. The molecule has 0 saturated carbocycles. The van der Waals surface area contributed by atoms with Gasteiger partial charge in [-0.3, -0.25) is 14.9 Å². The number of non-ortho nitro benzene ring substituents is 1. The van der Waals surface area contributed by atoms with E-state index in [2.05, 4.69) is 4.90 Å². The number of anilines is 1. The van der Waals surface area contributed by atoms with Crippen LogP contribution in [0, 0.1) is 23.0 Å². The number of nitro benzene ring substituents is 1. The number of benzene rings is 1. The molecule has 0 atom stereocenters. The largest absolute Gasteiger partial charge is 0.469 e. The van der Waals surface area contributed by atoms with E-state index in [1.807, 2.05) is 13.0 Å². The third kappa shape index (κ3) is 3.07. The molecule has 0 aromatic heterocycles. The van der Waals surface area contributed by atoms with Crippen molar-refractivity contribution in [3.05, 3.63) is 33.9 Å². The third-order valence-electron chi connectivity index (χ3n) is 3.65. The minimum Gasteiger partial charge on any atom is -0.469 e. The van der Waals surface area contributed by atoms with Crippen LogP contribution in [-0.4, -0.2) is 31.1 Å². The molecule has 1 aliphatic rings. The molecule has 6 nitrogen and oxygen atoms in total. The summed E-state index contributed by atoms with van der Waals surface area (Å²) in [5, 5.41) is 10.9. The molecule has 0 radical (unpaired) electrons. The number of esters is 1. The molecule has 0 aliphatic carbocycles. The first-order valence-corrected chi connectivity index (χ1v) is 6.60. The van der Waals surface area contributed by atoms with E-state index in [1.165, 1.54) is 7.11 Å². The number of aryl methyl sites for hydroxylation is 1. The van der Waals surface area contributed by atoms with E-state index in [0.29, 0.717) is 25.9 Å². The molecule has 0 N–H and O–H groups in total. The normalized spacial score (nSPS) is 16.0. The van der Waals surface area contributed by atoms with Gasteiger partial charge in [-0.25, -0.2) is 0 Å². The minimum absolute atomic E-state index is 0.0592. The molecule has 1 aliphatic heterocycles. The Morgan fingerprint density at radius 3 is 2.55 bits per heavy atom. The Hall–Kier alpha value is -2.11. The standard InChI is InChI=1S/C14H18N2O4/c1-10-7-12(9-13(8-10)16(18)19)15-5-3-11(4-6-15)14(17)20-2/h7-9,11H,3-6H2,1-2H3. The fourth-order valence-electron chi connectivity index (χ4n) is 2.57. The number of nitrogens with zero attached hydrogens (tertiary/aromatic N) is 2. The third-order valence-corrected chi connectivity index (χ3v) is 3.65. The quantitative estimate of drug-likeness (QED) is 0.482. The Kier molecular flexibility index (Phi) is 4.22. The van der Waals surface area contributed by atoms with Gasteiger partial charge in [0, 0.05) is 30.9 Å². The fraction of sp³-hybridized carbons (Fsp3) is 0.500. The molecule has 0 spiro atoms. The smallest absolute Gasteiger partial charge is 0.308 e. The maximum atomic E-state index is 11.5. The Morgan fingerprint density at radius 2 is 2.00 bits per heavy atom. The van der Waals surface area contributed by atoms with Crippen LogP contribution < -0.4 is 4.90 Å². The molecular formula is C14H18N2O4. The van der Waals surface area contributed by atoms with Crippen LogP contribution >= 0.6 is 0 Å². The van der Waals surface area contributed by atoms with Gasteiger partial charge in [-0.05, 0) is 31.4 Å². The average molecular weight is 278 g/mol. The van der Waals surface area contributed by atoms with Crippen LogP contribution in [0.15, 0.2) is 18.2 Å². The second-order valence-electron chi connectivity index (χ2n) is 5.07. The summed E-state index contributed by atoms with van der Waals surface area (Å²) in [6.45, 7) is 3.26. The monoisotopic (exact) mass is 278 g/mol. The number of ether oxygens (including phenoxy) is 1. The number of hydrogen-bond acceptors (Lipinski definition) is 5. The van der Waals surface area contributed by atoms with Crippen LogP contribution in [0.5, 0.6) is 0 Å². The summed E-state index contributed by atoms with van der Waals surface area (Å²) in [6.07, 6.45) is 1.43. The van der Waals surface area contributed by atoms with Crippen LogP contribution in [0.1, 0.15) is 18.4 Å². The van der Waals surface area contributed by atoms with Gasteiger partial charge in [-0.2, -0.15) is 0 Å². The SMILES string of the molecule is COC(=O)C1CCN(c2cc(C)cc([N+](=O)[O-])c2)CC1. The maximum Gasteiger partial charge on any atom is 0.308 e. The summed E-state index contributed by atoms with van der Waals surface area (Å²) in [4.78, 5) is 24.1. The Bertz CT molecular complexity index is 522. The van der Waals surface area contributed by atoms with Crippen molar-refractivity contribution in [2.24, 2.45) is 5.92 Å². The van der Waals surface area contributed by atoms with Gasteiger partial charge in [-0.1, -0.05) is 0 Å². The van der Waals surface area contributed by atoms with Crippen molar-refractivity contribution in [1.29, 1.82) is 0 Å². The van der Waals surface area contributed by atoms with E-state index in [4.69, 9.17) is 4.74 Å². The lowest BCUT2D eigenvalue weighted by Gasteiger charge is -2.32. The molecule has 2 rings (SSSR count). The molecule has 0 amide bonds. The van der Waals surface area contributed by atoms with Gasteiger partial charge in [0.15, 0.2) is 0 Å². The summed E-state index contributed by atoms with van der Waals surface area (Å²) < 4.78 is 4.75. The fourth-order valence-corrected chi connectivity index (χ4v) is 2.57. The number of piperidine rings is 1. The molecule has 1 aromatic rings. The van der Waals surface area contributed by atoms with E-state index >= 15 is 0 Å². The first-order valence-electron chi connectivity index (χ1n) is 6.60. The van der Waals surface area contributed by atoms with Crippen molar-refractivity contribution in [3.63, 3.8) is 0 Å². The zero-order chi connectivity index (χ0) is 14.7. The number of methoxy groups -OCH3 is 1. The molecule has 6 heteroatoms. The van der Waals surface area contributed by atoms with Gasteiger partial charge in [-0.15, -0.1) is 0 Å². The lowest BCUT2D eigenvalue weighted by molar-refractivity contribution is -0.384. The van der Waals surface area contributed by atoms with Gasteiger partial charge in [0.1, 0.15) is 0 Å². The maximum absolute atomic E-state index is 11.5. The highest BCUT2D eigenvalue weighted by atomic mass is 16.6. The molecule has 0 unspecified atom stereocenters. The lowest BCUT2D eigenvalue weighted by atomic mass is 9.96. The summed E-state index contributed by atoms with van der Waals surface area (Å²) in [5.41, 5.74) is 1.82. The van der Waals surface area contributed by atoms with Crippen LogP contribution in [0.25, 0.3) is 0 Å². The van der Waals surface area contributed by atoms with Gasteiger partial charge in [0.2, 0.25) is 0 Å². The van der Waals surface area contributed by atoms with Crippen LogP contribution in [-0.2, 0) is 9.53 Å². The number of rotatable bonds is 3. The van der Waals surface area contributed by atoms with Crippen molar-refractivity contribution >= 4 is 17.3 Å². The van der Waals surface area contributed by atoms with Crippen molar-refractivity contribution < 1.29 is 14.5 Å². The molecule has 1 heterocycles. The molecule has 1 saturated heterocycles. The van der Waals surface area contributed by atoms with E-state index in [1.54, 1.807) is 12.1 Å². The first-order chi connectivity index (χ1) is 9.51. The summed E-state index contributed by atoms with van der Waals surface area (Å²) in [5.74, 6) is -0.226. The van der Waals surface area contributed by atoms with Gasteiger partial charge in [0.05, 0.1) is 18.0 Å². The molecule has 0 bridgehead atoms. The lowest BCUT2D eigenvalue weighted by Crippen LogP contribution is -2.36. The number of carbonyl (C=O) groups excluding carboxylic acids is 1. The molecule has 20 heavy (non-hydrogen) atoms. The van der Waals surface area contributed by atoms with Crippen molar-refractivity contribution in [2.75, 3.05) is 25.1 Å². The van der Waals surface area contributed by atoms with E-state index in [0.717, 1.165) is 11.3 Å². The molecule has 108 valence electrons. The molecular weight excluding hydrogens is 260 g/mol. The topological polar surface area (TPSA) is 72.7 Å². The van der Waals surface area contributed by atoms with Crippen molar-refractivity contribution in [2.45, 2.75) is 19.8 Å². The van der Waals surface area contributed by atoms with E-state index < -0.39 is 0 Å². The van der Waals surface area contributed by atoms with Crippen molar-refractivity contribution in [1.82, 2.24) is 0 Å². The van der Waals surface area contributed by atoms with Crippen molar-refractivity contribution in [3.8, 4) is 0 Å². The zero-order valence-electron chi connectivity index (χ0n) is 11.7. The average Bonchev–Trinajstić information content (AvgIpc) is 2.46. The summed E-state index contributed by atoms with van der Waals surface area (Å²) in [7, 11) is 1.40. The number of nitro groups is 1. The number of carbonyl (C=O) groups is 1. The van der Waals surface area contributed by atoms with Crippen LogP contribution in [0.4, 0.5) is 11.4 Å². The van der Waals surface area contributed by atoms with Gasteiger partial charge < -0.3 is 9.64 Å². The second-order valence-corrected chi connectivity index (χ2v) is 5.07. The summed E-state index contributed by atoms with van der Waals surface area (Å²) >= 11 is 0. The second kappa shape index (κ2) is 5.90. The van der Waals surface area contributed by atoms with Crippen LogP contribution in [0.2, 0.25) is 0 Å². The number of hydrogen-bond donors (Lipinski definition) is 0. The predicted molar refractivity (Wildman–Crippen MR) is 74.8 cm³/mol. The molecule has 1 fully saturated rings. The Balaban J connectivity index is 2.10. The highest BCUT2D eigenvalue weighted by Gasteiger charge is 2.26. The minimum atomic E-state index is -0.377. The van der Waals surface area contributed by atoms with Crippen LogP contribution in [0.3, 0.4) is 0 Å². The highest BCUT2D eigenvalue weighted by molar-refractivity contribution is 5.72. The Labute approximate surface area is 117 Å². The van der Waals surface area contributed by atoms with E-state index in [9.17, 15) is 14.9 Å². The first kappa shape index (κ1) is 14.3. The van der Waals surface area contributed by atoms with E-state index in [-0.39, 0.29) is 22.5 Å². The molecule has 1 aromatic carbocycles. The van der Waals surface area contributed by atoms with Gasteiger partial charge in [0.25, 0.3) is 5.69 Å². The Morgan fingerprint density at radius 1 is 1.35 bits per heavy atom. The summed E-state index contributed by atoms with van der Waals surface area (Å²) in [6, 6.07) is 5.08. The van der Waals surface area contributed by atoms with Gasteiger partial charge >= 0.3 is 5.97 Å². The highest BCUT2D eigenvalue weighted by Crippen LogP contribution is 2.28. The zero-order valence-corrected chi connectivity index (χ0v) is 11.7.